The molecule has 100 valence electrons. The molecule has 0 fully saturated rings. The highest BCUT2D eigenvalue weighted by atomic mass is 16.5. The summed E-state index contributed by atoms with van der Waals surface area (Å²) in [5.41, 5.74) is 2.63. The molecular weight excluding hydrogens is 256 g/mol. The Balaban J connectivity index is 2.29. The first-order chi connectivity index (χ1) is 9.70. The third-order valence-electron chi connectivity index (χ3n) is 3.14. The van der Waals surface area contributed by atoms with Crippen molar-refractivity contribution in [3.05, 3.63) is 54.2 Å². The molecule has 1 N–H and O–H groups in total. The van der Waals surface area contributed by atoms with Crippen molar-refractivity contribution >= 4 is 11.5 Å². The number of carboxylic acid groups (broad SMARTS) is 1. The van der Waals surface area contributed by atoms with E-state index in [9.17, 15) is 4.79 Å². The molecule has 20 heavy (non-hydrogen) atoms. The standard InChI is InChI=1S/C15H12N2O3/c1-20-14-6-5-10(15(18)19)9-12(14)13-4-2-3-11-7-8-16-17(11)13/h2-9H,1H3,(H,18,19). The zero-order chi connectivity index (χ0) is 14.1. The Morgan fingerprint density at radius 1 is 1.25 bits per heavy atom. The molecule has 2 aromatic heterocycles. The number of aromatic carboxylic acids is 1. The summed E-state index contributed by atoms with van der Waals surface area (Å²) in [5.74, 6) is -0.362. The number of ether oxygens (including phenoxy) is 1. The molecule has 0 unspecified atom stereocenters. The summed E-state index contributed by atoms with van der Waals surface area (Å²) in [6.45, 7) is 0. The van der Waals surface area contributed by atoms with Crippen LogP contribution in [-0.2, 0) is 0 Å². The quantitative estimate of drug-likeness (QED) is 0.793. The maximum absolute atomic E-state index is 11.1. The van der Waals surface area contributed by atoms with Gasteiger partial charge in [-0.25, -0.2) is 9.31 Å². The van der Waals surface area contributed by atoms with Crippen molar-refractivity contribution in [2.24, 2.45) is 0 Å². The molecular formula is C15H12N2O3. The highest BCUT2D eigenvalue weighted by Crippen LogP contribution is 2.31. The molecule has 0 bridgehead atoms. The van der Waals surface area contributed by atoms with Crippen LogP contribution >= 0.6 is 0 Å². The number of benzene rings is 1. The van der Waals surface area contributed by atoms with E-state index in [1.54, 1.807) is 30.0 Å². The predicted octanol–water partition coefficient (Wildman–Crippen LogP) is 2.71. The van der Waals surface area contributed by atoms with Gasteiger partial charge < -0.3 is 9.84 Å². The lowest BCUT2D eigenvalue weighted by atomic mass is 10.1. The van der Waals surface area contributed by atoms with E-state index >= 15 is 0 Å². The van der Waals surface area contributed by atoms with Crippen molar-refractivity contribution in [1.29, 1.82) is 0 Å². The molecule has 1 aromatic carbocycles. The molecule has 3 rings (SSSR count). The largest absolute Gasteiger partial charge is 0.496 e. The monoisotopic (exact) mass is 268 g/mol. The highest BCUT2D eigenvalue weighted by Gasteiger charge is 2.13. The molecule has 0 amide bonds. The van der Waals surface area contributed by atoms with E-state index in [2.05, 4.69) is 5.10 Å². The zero-order valence-electron chi connectivity index (χ0n) is 10.8. The van der Waals surface area contributed by atoms with E-state index in [-0.39, 0.29) is 5.56 Å². The summed E-state index contributed by atoms with van der Waals surface area (Å²) < 4.78 is 7.08. The normalized spacial score (nSPS) is 10.7. The van der Waals surface area contributed by atoms with Crippen LogP contribution in [0.4, 0.5) is 0 Å². The lowest BCUT2D eigenvalue weighted by Gasteiger charge is -2.11. The van der Waals surface area contributed by atoms with Crippen LogP contribution in [0, 0.1) is 0 Å². The first-order valence-electron chi connectivity index (χ1n) is 6.05. The topological polar surface area (TPSA) is 63.8 Å². The van der Waals surface area contributed by atoms with Gasteiger partial charge in [-0.2, -0.15) is 5.10 Å². The average Bonchev–Trinajstić information content (AvgIpc) is 2.94. The van der Waals surface area contributed by atoms with Crippen molar-refractivity contribution in [3.8, 4) is 17.0 Å². The van der Waals surface area contributed by atoms with Crippen molar-refractivity contribution in [1.82, 2.24) is 9.61 Å². The molecule has 3 aromatic rings. The molecule has 0 aliphatic rings. The van der Waals surface area contributed by atoms with Gasteiger partial charge in [0.05, 0.1) is 30.1 Å². The molecule has 0 saturated carbocycles. The van der Waals surface area contributed by atoms with E-state index < -0.39 is 5.97 Å². The molecule has 0 saturated heterocycles. The zero-order valence-corrected chi connectivity index (χ0v) is 10.8. The molecule has 0 spiro atoms. The number of pyridine rings is 1. The number of hydrogen-bond acceptors (Lipinski definition) is 3. The number of nitrogens with zero attached hydrogens (tertiary/aromatic N) is 2. The lowest BCUT2D eigenvalue weighted by Crippen LogP contribution is -2.00. The van der Waals surface area contributed by atoms with E-state index in [0.29, 0.717) is 11.3 Å². The minimum absolute atomic E-state index is 0.213. The Morgan fingerprint density at radius 2 is 2.10 bits per heavy atom. The molecule has 0 radical (unpaired) electrons. The second kappa shape index (κ2) is 4.70. The molecule has 0 aliphatic heterocycles. The van der Waals surface area contributed by atoms with Gasteiger partial charge in [0, 0.05) is 5.56 Å². The molecule has 2 heterocycles. The summed E-state index contributed by atoms with van der Waals surface area (Å²) in [6.07, 6.45) is 1.70. The number of carboxylic acids is 1. The molecule has 5 heteroatoms. The van der Waals surface area contributed by atoms with Gasteiger partial charge in [0.1, 0.15) is 5.75 Å². The Hall–Kier alpha value is -2.82. The van der Waals surface area contributed by atoms with Gasteiger partial charge in [-0.05, 0) is 36.4 Å². The maximum Gasteiger partial charge on any atom is 0.335 e. The lowest BCUT2D eigenvalue weighted by molar-refractivity contribution is 0.0697. The fourth-order valence-electron chi connectivity index (χ4n) is 2.19. The summed E-state index contributed by atoms with van der Waals surface area (Å²) in [5, 5.41) is 13.4. The van der Waals surface area contributed by atoms with Gasteiger partial charge in [-0.15, -0.1) is 0 Å². The molecule has 5 nitrogen and oxygen atoms in total. The smallest absolute Gasteiger partial charge is 0.335 e. The van der Waals surface area contributed by atoms with Crippen molar-refractivity contribution < 1.29 is 14.6 Å². The summed E-state index contributed by atoms with van der Waals surface area (Å²) in [4.78, 5) is 11.1. The van der Waals surface area contributed by atoms with Crippen LogP contribution in [-0.4, -0.2) is 27.8 Å². The van der Waals surface area contributed by atoms with Crippen LogP contribution in [0.25, 0.3) is 16.8 Å². The minimum atomic E-state index is -0.971. The van der Waals surface area contributed by atoms with Gasteiger partial charge in [0.25, 0.3) is 0 Å². The van der Waals surface area contributed by atoms with E-state index in [4.69, 9.17) is 9.84 Å². The first-order valence-corrected chi connectivity index (χ1v) is 6.05. The number of hydrogen-bond donors (Lipinski definition) is 1. The summed E-state index contributed by atoms with van der Waals surface area (Å²) >= 11 is 0. The van der Waals surface area contributed by atoms with Crippen LogP contribution in [0.5, 0.6) is 5.75 Å². The van der Waals surface area contributed by atoms with Crippen LogP contribution in [0.15, 0.2) is 48.7 Å². The molecule has 0 aliphatic carbocycles. The fourth-order valence-corrected chi connectivity index (χ4v) is 2.19. The van der Waals surface area contributed by atoms with Gasteiger partial charge in [0.15, 0.2) is 0 Å². The van der Waals surface area contributed by atoms with Crippen molar-refractivity contribution in [2.75, 3.05) is 7.11 Å². The SMILES string of the molecule is COc1ccc(C(=O)O)cc1-c1cccc2ccnn12. The Kier molecular flexibility index (Phi) is 2.87. The average molecular weight is 268 g/mol. The van der Waals surface area contributed by atoms with Gasteiger partial charge in [0.2, 0.25) is 0 Å². The Bertz CT molecular complexity index is 793. The third kappa shape index (κ3) is 1.89. The predicted molar refractivity (Wildman–Crippen MR) is 74.1 cm³/mol. The van der Waals surface area contributed by atoms with Crippen molar-refractivity contribution in [2.45, 2.75) is 0 Å². The Labute approximate surface area is 115 Å². The fraction of sp³-hybridized carbons (Fsp3) is 0.0667. The highest BCUT2D eigenvalue weighted by molar-refractivity contribution is 5.90. The number of rotatable bonds is 3. The van der Waals surface area contributed by atoms with E-state index in [0.717, 1.165) is 11.2 Å². The first kappa shape index (κ1) is 12.2. The van der Waals surface area contributed by atoms with Gasteiger partial charge in [-0.3, -0.25) is 0 Å². The second-order valence-electron chi connectivity index (χ2n) is 4.30. The van der Waals surface area contributed by atoms with Gasteiger partial charge in [-0.1, -0.05) is 6.07 Å². The number of carbonyl (C=O) groups is 1. The van der Waals surface area contributed by atoms with Crippen LogP contribution in [0.2, 0.25) is 0 Å². The summed E-state index contributed by atoms with van der Waals surface area (Å²) in [7, 11) is 1.56. The van der Waals surface area contributed by atoms with E-state index in [1.165, 1.54) is 6.07 Å². The van der Waals surface area contributed by atoms with Crippen LogP contribution in [0.1, 0.15) is 10.4 Å². The maximum atomic E-state index is 11.1. The van der Waals surface area contributed by atoms with E-state index in [1.807, 2.05) is 24.3 Å². The number of aromatic nitrogens is 2. The van der Waals surface area contributed by atoms with Crippen LogP contribution in [0.3, 0.4) is 0 Å². The summed E-state index contributed by atoms with van der Waals surface area (Å²) in [6, 6.07) is 12.4. The molecule has 0 atom stereocenters. The Morgan fingerprint density at radius 3 is 2.85 bits per heavy atom. The number of fused-ring (bicyclic) bond motifs is 1. The minimum Gasteiger partial charge on any atom is -0.496 e. The number of methoxy groups -OCH3 is 1. The second-order valence-corrected chi connectivity index (χ2v) is 4.30. The van der Waals surface area contributed by atoms with Crippen molar-refractivity contribution in [3.63, 3.8) is 0 Å². The third-order valence-corrected chi connectivity index (χ3v) is 3.14. The van der Waals surface area contributed by atoms with Crippen LogP contribution < -0.4 is 4.74 Å². The van der Waals surface area contributed by atoms with Gasteiger partial charge >= 0.3 is 5.97 Å².